The molecule has 0 amide bonds. The average molecular weight is 513 g/mol. The van der Waals surface area contributed by atoms with Gasteiger partial charge in [0.25, 0.3) is 8.32 Å². The lowest BCUT2D eigenvalue weighted by atomic mass is 10.2. The van der Waals surface area contributed by atoms with E-state index in [2.05, 4.69) is 84.9 Å². The van der Waals surface area contributed by atoms with Crippen LogP contribution in [0.1, 0.15) is 17.8 Å². The second-order valence-electron chi connectivity index (χ2n) is 9.37. The molecule has 4 aromatic rings. The Kier molecular flexibility index (Phi) is 7.38. The molecule has 0 saturated carbocycles. The van der Waals surface area contributed by atoms with Gasteiger partial charge in [-0.3, -0.25) is 4.57 Å². The zero-order valence-electron chi connectivity index (χ0n) is 20.9. The Bertz CT molecular complexity index is 1200. The van der Waals surface area contributed by atoms with Crippen molar-refractivity contribution in [3.63, 3.8) is 0 Å². The van der Waals surface area contributed by atoms with Crippen LogP contribution in [0.25, 0.3) is 0 Å². The average Bonchev–Trinajstić information content (AvgIpc) is 2.94. The molecule has 0 bridgehead atoms. The Labute approximate surface area is 215 Å². The Morgan fingerprint density at radius 2 is 1.00 bits per heavy atom. The van der Waals surface area contributed by atoms with E-state index in [4.69, 9.17) is 4.43 Å². The van der Waals surface area contributed by atoms with Crippen LogP contribution in [0, 0.1) is 0 Å². The third kappa shape index (κ3) is 4.43. The number of hydrogen-bond donors (Lipinski definition) is 0. The van der Waals surface area contributed by atoms with Gasteiger partial charge in [0.1, 0.15) is 0 Å². The van der Waals surface area contributed by atoms with Crippen molar-refractivity contribution in [1.29, 1.82) is 0 Å². The lowest BCUT2D eigenvalue weighted by Gasteiger charge is -2.46. The second kappa shape index (κ2) is 10.7. The molecule has 0 aromatic heterocycles. The smallest absolute Gasteiger partial charge is 0.289 e. The van der Waals surface area contributed by atoms with Gasteiger partial charge in [0.15, 0.2) is 5.85 Å². The van der Waals surface area contributed by atoms with Crippen LogP contribution in [-0.4, -0.2) is 44.8 Å². The molecule has 1 aliphatic heterocycles. The van der Waals surface area contributed by atoms with E-state index in [1.54, 1.807) is 0 Å². The van der Waals surface area contributed by atoms with Crippen molar-refractivity contribution in [2.24, 2.45) is 0 Å². The van der Waals surface area contributed by atoms with E-state index >= 15 is 4.57 Å². The molecule has 0 spiro atoms. The van der Waals surface area contributed by atoms with Crippen LogP contribution >= 0.6 is 7.44 Å². The summed E-state index contributed by atoms with van der Waals surface area (Å²) in [6.45, 7) is 1.57. The summed E-state index contributed by atoms with van der Waals surface area (Å²) in [7, 11) is -2.23. The van der Waals surface area contributed by atoms with Crippen molar-refractivity contribution in [2.45, 2.75) is 12.3 Å². The summed E-state index contributed by atoms with van der Waals surface area (Å²) >= 11 is 0. The quantitative estimate of drug-likeness (QED) is 0.202. The largest absolute Gasteiger partial charge is 0.388 e. The minimum atomic E-state index is -3.11. The number of hydrogen-bond acceptors (Lipinski definition) is 2. The highest BCUT2D eigenvalue weighted by atomic mass is 31.2. The van der Waals surface area contributed by atoms with Gasteiger partial charge in [0.05, 0.1) is 0 Å². The normalized spacial score (nSPS) is 17.5. The lowest BCUT2D eigenvalue weighted by molar-refractivity contribution is 0.230. The van der Waals surface area contributed by atoms with E-state index in [9.17, 15) is 0 Å². The molecule has 36 heavy (non-hydrogen) atoms. The van der Waals surface area contributed by atoms with E-state index in [1.165, 1.54) is 0 Å². The summed E-state index contributed by atoms with van der Waals surface area (Å²) in [4.78, 5) is 0. The number of rotatable bonds is 7. The van der Waals surface area contributed by atoms with Crippen LogP contribution < -0.4 is 15.6 Å². The molecule has 0 aliphatic carbocycles. The van der Waals surface area contributed by atoms with Crippen LogP contribution in [-0.2, 0) is 8.99 Å². The minimum absolute atomic E-state index is 0.610. The number of nitrogens with zero attached hydrogens (tertiary/aromatic N) is 2. The fraction of sp³-hybridized carbons (Fsp3) is 0.200. The molecular formula is C30H33N2O2PSi. The van der Waals surface area contributed by atoms with Crippen LogP contribution in [0.5, 0.6) is 0 Å². The van der Waals surface area contributed by atoms with Crippen LogP contribution in [0.3, 0.4) is 0 Å². The maximum Gasteiger partial charge on any atom is 0.289 e. The Morgan fingerprint density at radius 1 is 0.639 bits per heavy atom. The molecule has 1 saturated heterocycles. The van der Waals surface area contributed by atoms with Crippen LogP contribution in [0.15, 0.2) is 121 Å². The standard InChI is InChI=1S/C30H33N2O2PSi/c1-31-24-15-25-32(2)35(31,33)30(26-16-7-3-8-17-26)34-36(27-18-9-4-10-19-27,28-20-11-5-12-21-28)29-22-13-6-14-23-29/h3-14,16-23,30H,15,24-25H2,1-2H3. The Hall–Kier alpha value is -2.79. The SMILES string of the molecule is CN1CCCN(C)P1(=O)C(O[Si](c1ccccc1)(c1ccccc1)c1ccccc1)c1ccccc1. The maximum absolute atomic E-state index is 15.1. The molecule has 184 valence electrons. The molecule has 1 unspecified atom stereocenters. The van der Waals surface area contributed by atoms with Crippen molar-refractivity contribution in [2.75, 3.05) is 27.2 Å². The zero-order chi connectivity index (χ0) is 25.0. The van der Waals surface area contributed by atoms with Crippen molar-refractivity contribution in [3.05, 3.63) is 127 Å². The third-order valence-corrected chi connectivity index (χ3v) is 14.8. The highest BCUT2D eigenvalue weighted by Crippen LogP contribution is 2.65. The molecule has 1 atom stereocenters. The molecule has 0 N–H and O–H groups in total. The second-order valence-corrected chi connectivity index (χ2v) is 15.7. The van der Waals surface area contributed by atoms with Gasteiger partial charge in [0.2, 0.25) is 7.44 Å². The first-order chi connectivity index (χ1) is 17.6. The van der Waals surface area contributed by atoms with E-state index in [0.29, 0.717) is 0 Å². The van der Waals surface area contributed by atoms with Gasteiger partial charge in [-0.25, -0.2) is 9.34 Å². The van der Waals surface area contributed by atoms with Gasteiger partial charge in [-0.2, -0.15) is 0 Å². The molecule has 0 radical (unpaired) electrons. The van der Waals surface area contributed by atoms with E-state index < -0.39 is 21.6 Å². The molecule has 1 fully saturated rings. The predicted molar refractivity (Wildman–Crippen MR) is 152 cm³/mol. The highest BCUT2D eigenvalue weighted by Gasteiger charge is 2.51. The Morgan fingerprint density at radius 3 is 1.39 bits per heavy atom. The van der Waals surface area contributed by atoms with Crippen molar-refractivity contribution >= 4 is 31.3 Å². The van der Waals surface area contributed by atoms with Crippen LogP contribution in [0.2, 0.25) is 0 Å². The maximum atomic E-state index is 15.1. The molecule has 6 heteroatoms. The third-order valence-electron chi connectivity index (χ3n) is 7.16. The fourth-order valence-electron chi connectivity index (χ4n) is 5.27. The lowest BCUT2D eigenvalue weighted by Crippen LogP contribution is -2.69. The van der Waals surface area contributed by atoms with Crippen LogP contribution in [0.4, 0.5) is 0 Å². The van der Waals surface area contributed by atoms with Crippen molar-refractivity contribution in [3.8, 4) is 0 Å². The zero-order valence-corrected chi connectivity index (χ0v) is 22.8. The van der Waals surface area contributed by atoms with Gasteiger partial charge >= 0.3 is 0 Å². The molecular weight excluding hydrogens is 479 g/mol. The molecule has 1 heterocycles. The first kappa shape index (κ1) is 24.9. The molecule has 1 aliphatic rings. The topological polar surface area (TPSA) is 32.8 Å². The van der Waals surface area contributed by atoms with Gasteiger partial charge in [-0.1, -0.05) is 121 Å². The minimum Gasteiger partial charge on any atom is -0.388 e. The summed E-state index contributed by atoms with van der Waals surface area (Å²) < 4.78 is 26.7. The van der Waals surface area contributed by atoms with E-state index in [-0.39, 0.29) is 0 Å². The van der Waals surface area contributed by atoms with Gasteiger partial charge in [-0.15, -0.1) is 0 Å². The molecule has 4 nitrogen and oxygen atoms in total. The Balaban J connectivity index is 1.80. The first-order valence-corrected chi connectivity index (χ1v) is 16.1. The summed E-state index contributed by atoms with van der Waals surface area (Å²) in [5.41, 5.74) is 0.945. The van der Waals surface area contributed by atoms with E-state index in [1.807, 2.05) is 59.8 Å². The van der Waals surface area contributed by atoms with E-state index in [0.717, 1.165) is 40.6 Å². The molecule has 5 rings (SSSR count). The summed E-state index contributed by atoms with van der Waals surface area (Å²) in [5.74, 6) is -0.610. The van der Waals surface area contributed by atoms with Gasteiger partial charge < -0.3 is 4.43 Å². The fourth-order valence-corrected chi connectivity index (χ4v) is 12.8. The molecule has 4 aromatic carbocycles. The highest BCUT2D eigenvalue weighted by molar-refractivity contribution is 7.59. The summed E-state index contributed by atoms with van der Waals surface area (Å²) in [6.07, 6.45) is 0.983. The van der Waals surface area contributed by atoms with Gasteiger partial charge in [-0.05, 0) is 41.6 Å². The summed E-state index contributed by atoms with van der Waals surface area (Å²) in [5, 5.41) is 3.41. The summed E-state index contributed by atoms with van der Waals surface area (Å²) in [6, 6.07) is 41.7. The first-order valence-electron chi connectivity index (χ1n) is 12.5. The number of benzene rings is 4. The van der Waals surface area contributed by atoms with Gasteiger partial charge in [0, 0.05) is 13.1 Å². The van der Waals surface area contributed by atoms with Crippen molar-refractivity contribution < 1.29 is 8.99 Å². The van der Waals surface area contributed by atoms with Crippen molar-refractivity contribution in [1.82, 2.24) is 9.34 Å². The monoisotopic (exact) mass is 512 g/mol. The predicted octanol–water partition coefficient (Wildman–Crippen LogP) is 4.83.